The van der Waals surface area contributed by atoms with Gasteiger partial charge < -0.3 is 4.90 Å². The molecule has 5 nitrogen and oxygen atoms in total. The number of benzene rings is 1. The second-order valence-electron chi connectivity index (χ2n) is 11.4. The predicted molar refractivity (Wildman–Crippen MR) is 160 cm³/mol. The number of fused-ring (bicyclic) bond motifs is 1. The number of nitrogens with zero attached hydrogens (tertiary/aromatic N) is 4. The largest absolute Gasteiger partial charge is 0.339 e. The van der Waals surface area contributed by atoms with Crippen molar-refractivity contribution in [2.75, 3.05) is 32.7 Å². The van der Waals surface area contributed by atoms with Gasteiger partial charge in [0, 0.05) is 47.5 Å². The molecule has 0 unspecified atom stereocenters. The summed E-state index contributed by atoms with van der Waals surface area (Å²) < 4.78 is 1.90. The van der Waals surface area contributed by atoms with E-state index in [9.17, 15) is 4.79 Å². The zero-order chi connectivity index (χ0) is 27.1. The summed E-state index contributed by atoms with van der Waals surface area (Å²) in [6.45, 7) is 13.7. The summed E-state index contributed by atoms with van der Waals surface area (Å²) >= 11 is 6.18. The molecule has 0 spiro atoms. The average molecular weight is 535 g/mol. The van der Waals surface area contributed by atoms with E-state index in [0.717, 1.165) is 73.5 Å². The van der Waals surface area contributed by atoms with Gasteiger partial charge in [-0.1, -0.05) is 70.0 Å². The number of amides is 1. The third kappa shape index (κ3) is 7.48. The van der Waals surface area contributed by atoms with E-state index < -0.39 is 0 Å². The number of aromatic nitrogens is 2. The number of pyridine rings is 1. The van der Waals surface area contributed by atoms with Crippen molar-refractivity contribution in [1.82, 2.24) is 19.4 Å². The Morgan fingerprint density at radius 2 is 1.66 bits per heavy atom. The van der Waals surface area contributed by atoms with E-state index in [1.165, 1.54) is 19.3 Å². The lowest BCUT2D eigenvalue weighted by Gasteiger charge is -2.25. The van der Waals surface area contributed by atoms with Crippen molar-refractivity contribution in [3.8, 4) is 11.3 Å². The minimum absolute atomic E-state index is 0.103. The molecule has 2 aromatic heterocycles. The molecule has 3 heterocycles. The van der Waals surface area contributed by atoms with Crippen molar-refractivity contribution in [3.05, 3.63) is 64.8 Å². The van der Waals surface area contributed by atoms with Gasteiger partial charge in [0.25, 0.3) is 5.91 Å². The first-order valence-corrected chi connectivity index (χ1v) is 14.7. The molecule has 1 saturated heterocycles. The number of rotatable bonds is 11. The molecule has 204 valence electrons. The Balaban J connectivity index is 1.68. The third-order valence-electron chi connectivity index (χ3n) is 7.37. The molecule has 3 aromatic rings. The van der Waals surface area contributed by atoms with Crippen molar-refractivity contribution < 1.29 is 4.79 Å². The summed E-state index contributed by atoms with van der Waals surface area (Å²) in [5, 5.41) is 5.63. The molecule has 1 aliphatic rings. The maximum atomic E-state index is 13.7. The van der Waals surface area contributed by atoms with Gasteiger partial charge in [-0.3, -0.25) is 9.69 Å². The van der Waals surface area contributed by atoms with Crippen molar-refractivity contribution in [2.24, 2.45) is 11.8 Å². The Morgan fingerprint density at radius 3 is 2.29 bits per heavy atom. The molecule has 0 aliphatic carbocycles. The van der Waals surface area contributed by atoms with E-state index >= 15 is 0 Å². The van der Waals surface area contributed by atoms with Gasteiger partial charge in [0.2, 0.25) is 0 Å². The van der Waals surface area contributed by atoms with Gasteiger partial charge in [0.1, 0.15) is 5.69 Å². The van der Waals surface area contributed by atoms with Crippen LogP contribution in [0.1, 0.15) is 75.7 Å². The van der Waals surface area contributed by atoms with Gasteiger partial charge >= 0.3 is 0 Å². The van der Waals surface area contributed by atoms with Crippen LogP contribution in [0, 0.1) is 11.8 Å². The molecule has 1 aromatic carbocycles. The highest BCUT2D eigenvalue weighted by Crippen LogP contribution is 2.29. The Morgan fingerprint density at radius 1 is 1.00 bits per heavy atom. The topological polar surface area (TPSA) is 40.9 Å². The SMILES string of the molecule is CC(C)CCN(CCC(C)C)C(=O)c1ccn2nc(-c3ccc(Cl)cc3)c(C=CCN3CCCCC3)c2c1. The van der Waals surface area contributed by atoms with E-state index in [-0.39, 0.29) is 5.91 Å². The number of carbonyl (C=O) groups is 1. The standard InChI is InChI=1S/C32H43ClN4O/c1-24(2)14-20-36(21-15-25(3)4)32(38)27-16-22-37-30(23-27)29(9-8-19-35-17-6-5-7-18-35)31(34-37)26-10-12-28(33)13-11-26/h8-13,16,22-25H,5-7,14-15,17-21H2,1-4H3. The Labute approximate surface area is 233 Å². The van der Waals surface area contributed by atoms with Crippen LogP contribution in [-0.4, -0.2) is 58.0 Å². The molecule has 1 aliphatic heterocycles. The molecule has 0 bridgehead atoms. The lowest BCUT2D eigenvalue weighted by Crippen LogP contribution is -2.34. The highest BCUT2D eigenvalue weighted by molar-refractivity contribution is 6.30. The van der Waals surface area contributed by atoms with Gasteiger partial charge in [-0.15, -0.1) is 0 Å². The van der Waals surface area contributed by atoms with Crippen LogP contribution in [0.25, 0.3) is 22.9 Å². The second-order valence-corrected chi connectivity index (χ2v) is 11.9. The zero-order valence-electron chi connectivity index (χ0n) is 23.5. The molecule has 4 rings (SSSR count). The number of piperidine rings is 1. The highest BCUT2D eigenvalue weighted by Gasteiger charge is 2.20. The van der Waals surface area contributed by atoms with Gasteiger partial charge in [-0.2, -0.15) is 5.10 Å². The first-order valence-electron chi connectivity index (χ1n) is 14.3. The summed E-state index contributed by atoms with van der Waals surface area (Å²) in [6.07, 6.45) is 12.2. The van der Waals surface area contributed by atoms with Crippen molar-refractivity contribution in [3.63, 3.8) is 0 Å². The second kappa shape index (κ2) is 13.4. The van der Waals surface area contributed by atoms with Crippen molar-refractivity contribution in [2.45, 2.75) is 59.8 Å². The lowest BCUT2D eigenvalue weighted by atomic mass is 10.0. The van der Waals surface area contributed by atoms with E-state index in [2.05, 4.69) is 44.7 Å². The van der Waals surface area contributed by atoms with Crippen LogP contribution in [0.2, 0.25) is 5.02 Å². The van der Waals surface area contributed by atoms with Crippen LogP contribution in [0.3, 0.4) is 0 Å². The fourth-order valence-corrected chi connectivity index (χ4v) is 5.10. The first-order chi connectivity index (χ1) is 18.3. The monoisotopic (exact) mass is 534 g/mol. The molecular weight excluding hydrogens is 492 g/mol. The van der Waals surface area contributed by atoms with Crippen LogP contribution in [-0.2, 0) is 0 Å². The summed E-state index contributed by atoms with van der Waals surface area (Å²) in [5.74, 6) is 1.21. The van der Waals surface area contributed by atoms with Crippen molar-refractivity contribution in [1.29, 1.82) is 0 Å². The minimum Gasteiger partial charge on any atom is -0.339 e. The number of halogens is 1. The number of hydrogen-bond donors (Lipinski definition) is 0. The first kappa shape index (κ1) is 28.4. The van der Waals surface area contributed by atoms with Crippen LogP contribution < -0.4 is 0 Å². The third-order valence-corrected chi connectivity index (χ3v) is 7.63. The van der Waals surface area contributed by atoms with Crippen molar-refractivity contribution >= 4 is 29.1 Å². The van der Waals surface area contributed by atoms with Gasteiger partial charge in [-0.05, 0) is 74.9 Å². The molecule has 6 heteroatoms. The number of likely N-dealkylation sites (tertiary alicyclic amines) is 1. The van der Waals surface area contributed by atoms with Gasteiger partial charge in [0.15, 0.2) is 0 Å². The normalized spacial score (nSPS) is 14.8. The highest BCUT2D eigenvalue weighted by atomic mass is 35.5. The molecule has 1 fully saturated rings. The van der Waals surface area contributed by atoms with E-state index in [1.807, 2.05) is 52.0 Å². The molecular formula is C32H43ClN4O. The minimum atomic E-state index is 0.103. The van der Waals surface area contributed by atoms with Crippen LogP contribution in [0.5, 0.6) is 0 Å². The maximum absolute atomic E-state index is 13.7. The predicted octanol–water partition coefficient (Wildman–Crippen LogP) is 7.69. The lowest BCUT2D eigenvalue weighted by molar-refractivity contribution is 0.0741. The molecule has 0 N–H and O–H groups in total. The van der Waals surface area contributed by atoms with Gasteiger partial charge in [0.05, 0.1) is 5.52 Å². The summed E-state index contributed by atoms with van der Waals surface area (Å²) in [7, 11) is 0. The summed E-state index contributed by atoms with van der Waals surface area (Å²) in [5.41, 5.74) is 4.62. The number of carbonyl (C=O) groups excluding carboxylic acids is 1. The quantitative estimate of drug-likeness (QED) is 0.253. The van der Waals surface area contributed by atoms with Gasteiger partial charge in [-0.25, -0.2) is 4.52 Å². The van der Waals surface area contributed by atoms with Crippen LogP contribution in [0.4, 0.5) is 0 Å². The molecule has 0 saturated carbocycles. The smallest absolute Gasteiger partial charge is 0.253 e. The van der Waals surface area contributed by atoms with E-state index in [1.54, 1.807) is 0 Å². The average Bonchev–Trinajstić information content (AvgIpc) is 3.27. The summed E-state index contributed by atoms with van der Waals surface area (Å²) in [4.78, 5) is 18.3. The van der Waals surface area contributed by atoms with Crippen LogP contribution >= 0.6 is 11.6 Å². The van der Waals surface area contributed by atoms with E-state index in [0.29, 0.717) is 16.9 Å². The molecule has 1 amide bonds. The molecule has 0 radical (unpaired) electrons. The van der Waals surface area contributed by atoms with Crippen LogP contribution in [0.15, 0.2) is 48.7 Å². The number of hydrogen-bond acceptors (Lipinski definition) is 3. The fraction of sp³-hybridized carbons (Fsp3) is 0.500. The Kier molecular flexibility index (Phi) is 10.0. The molecule has 38 heavy (non-hydrogen) atoms. The fourth-order valence-electron chi connectivity index (χ4n) is 4.97. The van der Waals surface area contributed by atoms with E-state index in [4.69, 9.17) is 16.7 Å². The summed E-state index contributed by atoms with van der Waals surface area (Å²) in [6, 6.07) is 11.8. The Hall–Kier alpha value is -2.63. The zero-order valence-corrected chi connectivity index (χ0v) is 24.3. The maximum Gasteiger partial charge on any atom is 0.253 e. The Bertz CT molecular complexity index is 1210. The molecule has 0 atom stereocenters.